The minimum atomic E-state index is -0.0603. The van der Waals surface area contributed by atoms with E-state index in [1.807, 2.05) is 19.1 Å². The summed E-state index contributed by atoms with van der Waals surface area (Å²) in [4.78, 5) is 0. The van der Waals surface area contributed by atoms with Crippen molar-refractivity contribution in [2.45, 2.75) is 6.92 Å². The summed E-state index contributed by atoms with van der Waals surface area (Å²) in [5.74, 6) is 0.982. The number of hydrogen-bond acceptors (Lipinski definition) is 3. The SMILES string of the molecule is Cc1ccc(Oc2ccc(C(N)=NO)c(Cl)c2)c(Cl)c1. The van der Waals surface area contributed by atoms with E-state index in [-0.39, 0.29) is 5.84 Å². The van der Waals surface area contributed by atoms with E-state index in [4.69, 9.17) is 38.9 Å². The zero-order valence-corrected chi connectivity index (χ0v) is 12.1. The first-order valence-electron chi connectivity index (χ1n) is 5.72. The van der Waals surface area contributed by atoms with E-state index >= 15 is 0 Å². The molecule has 3 N–H and O–H groups in total. The van der Waals surface area contributed by atoms with Gasteiger partial charge in [-0.1, -0.05) is 34.4 Å². The number of nitrogens with two attached hydrogens (primary N) is 1. The highest BCUT2D eigenvalue weighted by Gasteiger charge is 2.09. The molecule has 2 aromatic carbocycles. The first-order valence-corrected chi connectivity index (χ1v) is 6.48. The minimum Gasteiger partial charge on any atom is -0.456 e. The van der Waals surface area contributed by atoms with E-state index in [1.165, 1.54) is 0 Å². The second-order valence-electron chi connectivity index (χ2n) is 4.16. The Labute approximate surface area is 126 Å². The lowest BCUT2D eigenvalue weighted by atomic mass is 10.2. The summed E-state index contributed by atoms with van der Waals surface area (Å²) in [6, 6.07) is 10.3. The number of nitrogens with zero attached hydrogens (tertiary/aromatic N) is 1. The molecule has 0 aliphatic heterocycles. The van der Waals surface area contributed by atoms with Crippen LogP contribution in [0.25, 0.3) is 0 Å². The summed E-state index contributed by atoms with van der Waals surface area (Å²) in [5, 5.41) is 12.4. The molecule has 0 aliphatic rings. The van der Waals surface area contributed by atoms with Gasteiger partial charge >= 0.3 is 0 Å². The lowest BCUT2D eigenvalue weighted by molar-refractivity contribution is 0.318. The minimum absolute atomic E-state index is 0.0603. The molecule has 2 aromatic rings. The van der Waals surface area contributed by atoms with Gasteiger partial charge in [-0.3, -0.25) is 0 Å². The Bertz CT molecular complexity index is 672. The number of rotatable bonds is 3. The van der Waals surface area contributed by atoms with Gasteiger partial charge in [-0.25, -0.2) is 0 Å². The fourth-order valence-corrected chi connectivity index (χ4v) is 2.18. The third-order valence-corrected chi connectivity index (χ3v) is 3.25. The van der Waals surface area contributed by atoms with Crippen LogP contribution in [0, 0.1) is 6.92 Å². The molecular weight excluding hydrogens is 299 g/mol. The van der Waals surface area contributed by atoms with Gasteiger partial charge in [0, 0.05) is 11.6 Å². The topological polar surface area (TPSA) is 67.8 Å². The number of oxime groups is 1. The molecule has 0 atom stereocenters. The Hall–Kier alpha value is -1.91. The van der Waals surface area contributed by atoms with Crippen LogP contribution in [0.1, 0.15) is 11.1 Å². The average molecular weight is 311 g/mol. The molecule has 20 heavy (non-hydrogen) atoms. The molecule has 0 saturated carbocycles. The molecular formula is C14H12Cl2N2O2. The molecule has 104 valence electrons. The zero-order chi connectivity index (χ0) is 14.7. The number of benzene rings is 2. The lowest BCUT2D eigenvalue weighted by Gasteiger charge is -2.10. The van der Waals surface area contributed by atoms with E-state index in [0.29, 0.717) is 27.1 Å². The summed E-state index contributed by atoms with van der Waals surface area (Å²) in [6.45, 7) is 1.94. The third kappa shape index (κ3) is 3.15. The van der Waals surface area contributed by atoms with Crippen LogP contribution >= 0.6 is 23.2 Å². The highest BCUT2D eigenvalue weighted by atomic mass is 35.5. The van der Waals surface area contributed by atoms with E-state index in [2.05, 4.69) is 5.16 Å². The van der Waals surface area contributed by atoms with Gasteiger partial charge in [0.05, 0.1) is 10.0 Å². The first-order chi connectivity index (χ1) is 9.51. The molecule has 0 aromatic heterocycles. The summed E-state index contributed by atoms with van der Waals surface area (Å²) in [7, 11) is 0. The molecule has 0 aliphatic carbocycles. The molecule has 6 heteroatoms. The normalized spacial score (nSPS) is 11.4. The Kier molecular flexibility index (Phi) is 4.37. The Balaban J connectivity index is 2.29. The van der Waals surface area contributed by atoms with E-state index in [0.717, 1.165) is 5.56 Å². The van der Waals surface area contributed by atoms with Gasteiger partial charge in [0.15, 0.2) is 5.84 Å². The third-order valence-electron chi connectivity index (χ3n) is 2.64. The second-order valence-corrected chi connectivity index (χ2v) is 4.98. The zero-order valence-electron chi connectivity index (χ0n) is 10.6. The molecule has 0 bridgehead atoms. The Morgan fingerprint density at radius 2 is 1.90 bits per heavy atom. The second kappa shape index (κ2) is 6.03. The van der Waals surface area contributed by atoms with Gasteiger partial charge in [0.1, 0.15) is 11.5 Å². The molecule has 0 amide bonds. The predicted molar refractivity (Wildman–Crippen MR) is 80.2 cm³/mol. The first kappa shape index (κ1) is 14.5. The van der Waals surface area contributed by atoms with Crippen molar-refractivity contribution in [2.24, 2.45) is 10.9 Å². The monoisotopic (exact) mass is 310 g/mol. The van der Waals surface area contributed by atoms with Gasteiger partial charge in [0.2, 0.25) is 0 Å². The Morgan fingerprint density at radius 3 is 2.50 bits per heavy atom. The van der Waals surface area contributed by atoms with Gasteiger partial charge in [-0.15, -0.1) is 0 Å². The number of amidine groups is 1. The number of halogens is 2. The van der Waals surface area contributed by atoms with Crippen molar-refractivity contribution in [3.05, 3.63) is 57.6 Å². The van der Waals surface area contributed by atoms with Crippen LogP contribution < -0.4 is 10.5 Å². The van der Waals surface area contributed by atoms with Crippen LogP contribution in [-0.2, 0) is 0 Å². The highest BCUT2D eigenvalue weighted by Crippen LogP contribution is 2.32. The molecule has 0 saturated heterocycles. The summed E-state index contributed by atoms with van der Waals surface area (Å²) >= 11 is 12.1. The summed E-state index contributed by atoms with van der Waals surface area (Å²) in [5.41, 5.74) is 6.96. The van der Waals surface area contributed by atoms with Crippen molar-refractivity contribution in [1.29, 1.82) is 0 Å². The Morgan fingerprint density at radius 1 is 1.15 bits per heavy atom. The maximum absolute atomic E-state index is 8.64. The van der Waals surface area contributed by atoms with Gasteiger partial charge in [-0.05, 0) is 36.8 Å². The highest BCUT2D eigenvalue weighted by molar-refractivity contribution is 6.34. The van der Waals surface area contributed by atoms with Crippen LogP contribution in [0.5, 0.6) is 11.5 Å². The van der Waals surface area contributed by atoms with Crippen molar-refractivity contribution in [2.75, 3.05) is 0 Å². The van der Waals surface area contributed by atoms with Gasteiger partial charge in [-0.2, -0.15) is 0 Å². The number of ether oxygens (including phenoxy) is 1. The molecule has 0 spiro atoms. The smallest absolute Gasteiger partial charge is 0.171 e. The fraction of sp³-hybridized carbons (Fsp3) is 0.0714. The molecule has 2 rings (SSSR count). The van der Waals surface area contributed by atoms with Crippen molar-refractivity contribution in [3.63, 3.8) is 0 Å². The van der Waals surface area contributed by atoms with Crippen molar-refractivity contribution in [1.82, 2.24) is 0 Å². The maximum atomic E-state index is 8.64. The van der Waals surface area contributed by atoms with Crippen LogP contribution in [0.2, 0.25) is 10.0 Å². The molecule has 0 unspecified atom stereocenters. The van der Waals surface area contributed by atoms with Crippen LogP contribution in [0.4, 0.5) is 0 Å². The molecule has 0 radical (unpaired) electrons. The van der Waals surface area contributed by atoms with E-state index in [9.17, 15) is 0 Å². The van der Waals surface area contributed by atoms with Crippen molar-refractivity contribution in [3.8, 4) is 11.5 Å². The quantitative estimate of drug-likeness (QED) is 0.386. The summed E-state index contributed by atoms with van der Waals surface area (Å²) in [6.07, 6.45) is 0. The molecule has 0 heterocycles. The molecule has 0 fully saturated rings. The number of aryl methyl sites for hydroxylation is 1. The lowest BCUT2D eigenvalue weighted by Crippen LogP contribution is -2.13. The van der Waals surface area contributed by atoms with Crippen molar-refractivity contribution >= 4 is 29.0 Å². The van der Waals surface area contributed by atoms with Crippen molar-refractivity contribution < 1.29 is 9.94 Å². The van der Waals surface area contributed by atoms with E-state index in [1.54, 1.807) is 24.3 Å². The summed E-state index contributed by atoms with van der Waals surface area (Å²) < 4.78 is 5.65. The van der Waals surface area contributed by atoms with Crippen LogP contribution in [0.3, 0.4) is 0 Å². The standard InChI is InChI=1S/C14H12Cl2N2O2/c1-8-2-5-13(12(16)6-8)20-9-3-4-10(11(15)7-9)14(17)18-19/h2-7,19H,1H3,(H2,17,18). The number of hydrogen-bond donors (Lipinski definition) is 2. The van der Waals surface area contributed by atoms with E-state index < -0.39 is 0 Å². The predicted octanol–water partition coefficient (Wildman–Crippen LogP) is 4.19. The van der Waals surface area contributed by atoms with Crippen LogP contribution in [0.15, 0.2) is 41.6 Å². The molecule has 4 nitrogen and oxygen atoms in total. The van der Waals surface area contributed by atoms with Crippen LogP contribution in [-0.4, -0.2) is 11.0 Å². The average Bonchev–Trinajstić information content (AvgIpc) is 2.41. The van der Waals surface area contributed by atoms with Gasteiger partial charge < -0.3 is 15.7 Å². The fourth-order valence-electron chi connectivity index (χ4n) is 1.64. The van der Waals surface area contributed by atoms with Gasteiger partial charge in [0.25, 0.3) is 0 Å². The largest absolute Gasteiger partial charge is 0.456 e. The maximum Gasteiger partial charge on any atom is 0.171 e.